The van der Waals surface area contributed by atoms with Gasteiger partial charge >= 0.3 is 6.18 Å². The monoisotopic (exact) mass is 467 g/mol. The van der Waals surface area contributed by atoms with Gasteiger partial charge in [-0.25, -0.2) is 18.7 Å². The van der Waals surface area contributed by atoms with Crippen LogP contribution in [0.3, 0.4) is 0 Å². The molecule has 0 fully saturated rings. The van der Waals surface area contributed by atoms with E-state index in [1.807, 2.05) is 6.07 Å². The highest BCUT2D eigenvalue weighted by atomic mass is 32.2. The molecule has 4 nitrogen and oxygen atoms in total. The number of nitrogens with zero attached hydrogens (tertiary/aromatic N) is 2. The molecule has 2 aromatic carbocycles. The van der Waals surface area contributed by atoms with E-state index in [-0.39, 0.29) is 28.8 Å². The van der Waals surface area contributed by atoms with Gasteiger partial charge in [-0.3, -0.25) is 0 Å². The number of hydrogen-bond acceptors (Lipinski definition) is 5. The first kappa shape index (κ1) is 21.4. The van der Waals surface area contributed by atoms with Gasteiger partial charge in [0.1, 0.15) is 11.3 Å². The Bertz CT molecular complexity index is 1230. The summed E-state index contributed by atoms with van der Waals surface area (Å²) in [6.45, 7) is 1.56. The Hall–Kier alpha value is -2.46. The summed E-state index contributed by atoms with van der Waals surface area (Å²) >= 11 is 1.42. The highest BCUT2D eigenvalue weighted by molar-refractivity contribution is 8.00. The molecule has 1 aliphatic carbocycles. The number of hydrogen-bond donors (Lipinski definition) is 2. The number of benzene rings is 2. The van der Waals surface area contributed by atoms with Crippen molar-refractivity contribution in [2.24, 2.45) is 0 Å². The highest BCUT2D eigenvalue weighted by Crippen LogP contribution is 2.53. The number of alkyl halides is 3. The molecule has 1 aromatic heterocycles. The molecule has 3 unspecified atom stereocenters. The maximum absolute atomic E-state index is 14.3. The summed E-state index contributed by atoms with van der Waals surface area (Å²) < 4.78 is 69.4. The van der Waals surface area contributed by atoms with Gasteiger partial charge < -0.3 is 10.4 Å². The maximum atomic E-state index is 14.3. The van der Waals surface area contributed by atoms with E-state index < -0.39 is 47.5 Å². The van der Waals surface area contributed by atoms with Crippen LogP contribution in [0.2, 0.25) is 0 Å². The van der Waals surface area contributed by atoms with Crippen molar-refractivity contribution in [3.63, 3.8) is 0 Å². The van der Waals surface area contributed by atoms with E-state index in [1.165, 1.54) is 18.0 Å². The van der Waals surface area contributed by atoms with Crippen molar-refractivity contribution in [3.8, 4) is 0 Å². The number of aromatic nitrogens is 2. The molecule has 168 valence electrons. The van der Waals surface area contributed by atoms with Crippen molar-refractivity contribution in [2.45, 2.75) is 54.2 Å². The molecule has 2 aliphatic rings. The summed E-state index contributed by atoms with van der Waals surface area (Å²) in [6.07, 6.45) is -4.00. The van der Waals surface area contributed by atoms with Crippen LogP contribution in [0.5, 0.6) is 0 Å². The topological polar surface area (TPSA) is 58.0 Å². The third kappa shape index (κ3) is 3.40. The van der Waals surface area contributed by atoms with Gasteiger partial charge in [0.15, 0.2) is 17.2 Å². The van der Waals surface area contributed by atoms with E-state index in [9.17, 15) is 27.1 Å². The first-order valence-corrected chi connectivity index (χ1v) is 10.9. The number of fused-ring (bicyclic) bond motifs is 1. The molecule has 2 N–H and O–H groups in total. The summed E-state index contributed by atoms with van der Waals surface area (Å²) in [5, 5.41) is 13.4. The van der Waals surface area contributed by atoms with Crippen molar-refractivity contribution < 1.29 is 27.1 Å². The highest BCUT2D eigenvalue weighted by Gasteiger charge is 2.57. The summed E-state index contributed by atoms with van der Waals surface area (Å²) in [5.41, 5.74) is -1.37. The zero-order chi connectivity index (χ0) is 22.8. The standard InChI is InChI=1S/C22H18F5N3OS/c1-10-28-9-13-15(6-14(23)19(24)20(13)29-10)30-17-5-12-8-21(31,22(25,26)27)7-11-3-2-4-16(32-17)18(11)12/h2-4,6,9,12,17,30-31H,5,7-8H2,1H3. The Balaban J connectivity index is 1.52. The number of aryl methyl sites for hydroxylation is 1. The molecule has 32 heavy (non-hydrogen) atoms. The molecular weight excluding hydrogens is 449 g/mol. The molecule has 0 saturated heterocycles. The molecule has 0 saturated carbocycles. The zero-order valence-corrected chi connectivity index (χ0v) is 17.6. The predicted molar refractivity (Wildman–Crippen MR) is 111 cm³/mol. The number of halogens is 5. The molecule has 3 atom stereocenters. The first-order valence-electron chi connectivity index (χ1n) is 10.0. The molecule has 0 spiro atoms. The number of aliphatic hydroxyl groups is 1. The smallest absolute Gasteiger partial charge is 0.380 e. The average molecular weight is 467 g/mol. The van der Waals surface area contributed by atoms with E-state index in [4.69, 9.17) is 0 Å². The van der Waals surface area contributed by atoms with E-state index in [2.05, 4.69) is 15.3 Å². The van der Waals surface area contributed by atoms with Crippen LogP contribution in [0.25, 0.3) is 10.9 Å². The molecule has 1 aliphatic heterocycles. The van der Waals surface area contributed by atoms with Gasteiger partial charge in [0.2, 0.25) is 0 Å². The van der Waals surface area contributed by atoms with Crippen LogP contribution in [0, 0.1) is 18.6 Å². The molecular formula is C22H18F5N3OS. The Morgan fingerprint density at radius 1 is 1.25 bits per heavy atom. The molecule has 0 radical (unpaired) electrons. The van der Waals surface area contributed by atoms with Crippen molar-refractivity contribution >= 4 is 28.4 Å². The van der Waals surface area contributed by atoms with Crippen LogP contribution in [-0.2, 0) is 6.42 Å². The largest absolute Gasteiger partial charge is 0.417 e. The molecule has 10 heteroatoms. The maximum Gasteiger partial charge on any atom is 0.417 e. The first-order chi connectivity index (χ1) is 15.1. The second-order valence-electron chi connectivity index (χ2n) is 8.32. The second-order valence-corrected chi connectivity index (χ2v) is 9.57. The van der Waals surface area contributed by atoms with E-state index in [0.29, 0.717) is 5.56 Å². The Morgan fingerprint density at radius 3 is 2.78 bits per heavy atom. The number of nitrogens with one attached hydrogen (secondary N) is 1. The molecule has 3 aromatic rings. The van der Waals surface area contributed by atoms with Crippen LogP contribution in [0.15, 0.2) is 35.4 Å². The fourth-order valence-corrected chi connectivity index (χ4v) is 6.08. The van der Waals surface area contributed by atoms with E-state index >= 15 is 0 Å². The molecule has 0 bridgehead atoms. The predicted octanol–water partition coefficient (Wildman–Crippen LogP) is 5.47. The summed E-state index contributed by atoms with van der Waals surface area (Å²) in [5.74, 6) is -2.40. The van der Waals surface area contributed by atoms with Crippen LogP contribution < -0.4 is 5.32 Å². The Kier molecular flexibility index (Phi) is 4.86. The summed E-state index contributed by atoms with van der Waals surface area (Å²) in [4.78, 5) is 8.87. The molecule has 2 heterocycles. The number of anilines is 1. The third-order valence-electron chi connectivity index (χ3n) is 6.13. The van der Waals surface area contributed by atoms with Crippen LogP contribution in [-0.4, -0.2) is 32.2 Å². The zero-order valence-electron chi connectivity index (χ0n) is 16.8. The summed E-state index contributed by atoms with van der Waals surface area (Å²) in [7, 11) is 0. The van der Waals surface area contributed by atoms with E-state index in [0.717, 1.165) is 16.5 Å². The lowest BCUT2D eigenvalue weighted by molar-refractivity contribution is -0.265. The minimum atomic E-state index is -4.75. The lowest BCUT2D eigenvalue weighted by Crippen LogP contribution is -2.51. The van der Waals surface area contributed by atoms with Gasteiger partial charge in [0.25, 0.3) is 0 Å². The van der Waals surface area contributed by atoms with Crippen LogP contribution in [0.1, 0.15) is 35.7 Å². The quantitative estimate of drug-likeness (QED) is 0.490. The van der Waals surface area contributed by atoms with Crippen molar-refractivity contribution in [2.75, 3.05) is 5.32 Å². The third-order valence-corrected chi connectivity index (χ3v) is 7.34. The SMILES string of the molecule is Cc1ncc2c(NC3CC4CC(O)(C(F)(F)F)Cc5cccc(c54)S3)cc(F)c(F)c2n1. The lowest BCUT2D eigenvalue weighted by atomic mass is 9.72. The normalized spacial score (nSPS) is 25.0. The van der Waals surface area contributed by atoms with Crippen molar-refractivity contribution in [1.82, 2.24) is 9.97 Å². The lowest BCUT2D eigenvalue weighted by Gasteiger charge is -2.43. The van der Waals surface area contributed by atoms with E-state index in [1.54, 1.807) is 19.1 Å². The van der Waals surface area contributed by atoms with Gasteiger partial charge in [-0.05, 0) is 42.9 Å². The van der Waals surface area contributed by atoms with Gasteiger partial charge in [0, 0.05) is 34.7 Å². The van der Waals surface area contributed by atoms with Gasteiger partial charge in [-0.15, -0.1) is 11.8 Å². The Morgan fingerprint density at radius 2 is 2.03 bits per heavy atom. The van der Waals surface area contributed by atoms with Crippen LogP contribution >= 0.6 is 11.8 Å². The van der Waals surface area contributed by atoms with Crippen molar-refractivity contribution in [1.29, 1.82) is 0 Å². The van der Waals surface area contributed by atoms with Crippen LogP contribution in [0.4, 0.5) is 27.6 Å². The molecule has 0 amide bonds. The van der Waals surface area contributed by atoms with Gasteiger partial charge in [-0.1, -0.05) is 12.1 Å². The minimum Gasteiger partial charge on any atom is -0.380 e. The number of rotatable bonds is 2. The van der Waals surface area contributed by atoms with Gasteiger partial charge in [-0.2, -0.15) is 13.2 Å². The number of thioether (sulfide) groups is 1. The Labute approximate surface area is 184 Å². The minimum absolute atomic E-state index is 0.160. The second kappa shape index (κ2) is 7.28. The average Bonchev–Trinajstić information content (AvgIpc) is 2.71. The summed E-state index contributed by atoms with van der Waals surface area (Å²) in [6, 6.07) is 6.14. The molecule has 5 rings (SSSR count). The fraction of sp³-hybridized carbons (Fsp3) is 0.364. The van der Waals surface area contributed by atoms with Gasteiger partial charge in [0.05, 0.1) is 5.37 Å². The van der Waals surface area contributed by atoms with Crippen molar-refractivity contribution in [3.05, 3.63) is 59.0 Å². The fourth-order valence-electron chi connectivity index (χ4n) is 4.68.